The molecule has 4 rings (SSSR count). The molecule has 3 aromatic carbocycles. The number of halogens is 2. The number of rotatable bonds is 7. The summed E-state index contributed by atoms with van der Waals surface area (Å²) in [5.74, 6) is 1.46. The number of hydrogen-bond acceptors (Lipinski definition) is 5. The predicted molar refractivity (Wildman–Crippen MR) is 123 cm³/mol. The van der Waals surface area contributed by atoms with Crippen molar-refractivity contribution in [2.24, 2.45) is 5.10 Å². The third-order valence-electron chi connectivity index (χ3n) is 4.19. The van der Waals surface area contributed by atoms with Gasteiger partial charge in [-0.1, -0.05) is 48.0 Å². The van der Waals surface area contributed by atoms with Gasteiger partial charge in [-0.25, -0.2) is 5.43 Å². The van der Waals surface area contributed by atoms with E-state index in [0.717, 1.165) is 10.8 Å². The highest BCUT2D eigenvalue weighted by molar-refractivity contribution is 9.10. The summed E-state index contributed by atoms with van der Waals surface area (Å²) in [7, 11) is 0. The SMILES string of the molecule is O=C(COc1cccc2ccccc12)N/N=C\c1cc(Br)c(Oc2ccc(Cl)cc2)o1. The number of carbonyl (C=O) groups is 1. The van der Waals surface area contributed by atoms with E-state index in [9.17, 15) is 4.79 Å². The molecule has 4 aromatic rings. The third-order valence-corrected chi connectivity index (χ3v) is 4.99. The molecule has 156 valence electrons. The number of hydrogen-bond donors (Lipinski definition) is 1. The topological polar surface area (TPSA) is 73.1 Å². The molecule has 6 nitrogen and oxygen atoms in total. The van der Waals surface area contributed by atoms with Crippen LogP contribution < -0.4 is 14.9 Å². The van der Waals surface area contributed by atoms with Crippen molar-refractivity contribution in [1.29, 1.82) is 0 Å². The maximum Gasteiger partial charge on any atom is 0.305 e. The molecule has 0 radical (unpaired) electrons. The number of nitrogens with zero attached hydrogens (tertiary/aromatic N) is 1. The molecule has 0 unspecified atom stereocenters. The van der Waals surface area contributed by atoms with E-state index in [4.69, 9.17) is 25.5 Å². The van der Waals surface area contributed by atoms with Gasteiger partial charge in [-0.05, 0) is 51.6 Å². The Labute approximate surface area is 191 Å². The highest BCUT2D eigenvalue weighted by Gasteiger charge is 2.11. The lowest BCUT2D eigenvalue weighted by molar-refractivity contribution is -0.123. The molecule has 1 aromatic heterocycles. The van der Waals surface area contributed by atoms with Crippen LogP contribution in [-0.4, -0.2) is 18.7 Å². The lowest BCUT2D eigenvalue weighted by Crippen LogP contribution is -2.24. The standard InChI is InChI=1S/C23H16BrClN2O4/c24-20-12-18(31-23(20)30-17-10-8-16(25)9-11-17)13-26-27-22(28)14-29-21-7-3-5-15-4-1-2-6-19(15)21/h1-13H,14H2,(H,27,28)/b26-13-. The van der Waals surface area contributed by atoms with E-state index in [1.165, 1.54) is 6.21 Å². The maximum atomic E-state index is 12.1. The second kappa shape index (κ2) is 9.68. The largest absolute Gasteiger partial charge is 0.483 e. The first-order valence-electron chi connectivity index (χ1n) is 9.24. The molecule has 0 spiro atoms. The van der Waals surface area contributed by atoms with E-state index in [1.807, 2.05) is 42.5 Å². The molecule has 0 bridgehead atoms. The molecule has 0 aliphatic rings. The van der Waals surface area contributed by atoms with Crippen molar-refractivity contribution in [3.8, 4) is 17.4 Å². The highest BCUT2D eigenvalue weighted by atomic mass is 79.9. The van der Waals surface area contributed by atoms with E-state index in [1.54, 1.807) is 30.3 Å². The van der Waals surface area contributed by atoms with Gasteiger partial charge in [0.25, 0.3) is 5.91 Å². The van der Waals surface area contributed by atoms with Crippen molar-refractivity contribution in [1.82, 2.24) is 5.43 Å². The quantitative estimate of drug-likeness (QED) is 0.244. The van der Waals surface area contributed by atoms with E-state index in [0.29, 0.717) is 26.8 Å². The lowest BCUT2D eigenvalue weighted by atomic mass is 10.1. The zero-order valence-electron chi connectivity index (χ0n) is 16.0. The molecule has 0 atom stereocenters. The second-order valence-corrected chi connectivity index (χ2v) is 7.69. The first-order valence-corrected chi connectivity index (χ1v) is 10.4. The number of amides is 1. The summed E-state index contributed by atoms with van der Waals surface area (Å²) < 4.78 is 17.5. The first-order chi connectivity index (χ1) is 15.1. The average Bonchev–Trinajstić information content (AvgIpc) is 3.12. The fraction of sp³-hybridized carbons (Fsp3) is 0.0435. The number of carbonyl (C=O) groups excluding carboxylic acids is 1. The molecule has 1 amide bonds. The monoisotopic (exact) mass is 498 g/mol. The Balaban J connectivity index is 1.32. The summed E-state index contributed by atoms with van der Waals surface area (Å²) in [6, 6.07) is 22.0. The molecule has 1 heterocycles. The summed E-state index contributed by atoms with van der Waals surface area (Å²) >= 11 is 9.23. The van der Waals surface area contributed by atoms with Gasteiger partial charge in [0.15, 0.2) is 12.4 Å². The van der Waals surface area contributed by atoms with Gasteiger partial charge in [-0.15, -0.1) is 0 Å². The Morgan fingerprint density at radius 2 is 1.87 bits per heavy atom. The van der Waals surface area contributed by atoms with E-state index < -0.39 is 5.91 Å². The lowest BCUT2D eigenvalue weighted by Gasteiger charge is -2.08. The summed E-state index contributed by atoms with van der Waals surface area (Å²) in [5, 5.41) is 6.49. The summed E-state index contributed by atoms with van der Waals surface area (Å²) in [5.41, 5.74) is 2.41. The number of benzene rings is 3. The van der Waals surface area contributed by atoms with Gasteiger partial charge < -0.3 is 13.9 Å². The van der Waals surface area contributed by atoms with Gasteiger partial charge in [0.05, 0.1) is 6.21 Å². The number of furan rings is 1. The molecule has 0 aliphatic carbocycles. The molecule has 0 saturated carbocycles. The fourth-order valence-electron chi connectivity index (χ4n) is 2.78. The van der Waals surface area contributed by atoms with E-state index >= 15 is 0 Å². The van der Waals surface area contributed by atoms with Crippen molar-refractivity contribution in [2.75, 3.05) is 6.61 Å². The zero-order chi connectivity index (χ0) is 21.6. The van der Waals surface area contributed by atoms with Crippen LogP contribution in [0.15, 0.2) is 86.8 Å². The van der Waals surface area contributed by atoms with Crippen LogP contribution in [0.25, 0.3) is 10.8 Å². The van der Waals surface area contributed by atoms with Crippen LogP contribution in [0, 0.1) is 0 Å². The number of ether oxygens (including phenoxy) is 2. The van der Waals surface area contributed by atoms with Crippen molar-refractivity contribution >= 4 is 50.4 Å². The molecule has 8 heteroatoms. The molecular formula is C23H16BrClN2O4. The summed E-state index contributed by atoms with van der Waals surface area (Å²) in [6.45, 7) is -0.169. The van der Waals surface area contributed by atoms with E-state index in [2.05, 4.69) is 26.5 Å². The van der Waals surface area contributed by atoms with Crippen LogP contribution in [0.1, 0.15) is 5.76 Å². The van der Waals surface area contributed by atoms with Gasteiger partial charge >= 0.3 is 5.95 Å². The first kappa shape index (κ1) is 21.0. The summed E-state index contributed by atoms with van der Waals surface area (Å²) in [4.78, 5) is 12.1. The van der Waals surface area contributed by atoms with Crippen molar-refractivity contribution in [2.45, 2.75) is 0 Å². The maximum absolute atomic E-state index is 12.1. The number of nitrogens with one attached hydrogen (secondary N) is 1. The molecule has 0 saturated heterocycles. The second-order valence-electron chi connectivity index (χ2n) is 6.40. The van der Waals surface area contributed by atoms with Gasteiger partial charge in [-0.2, -0.15) is 5.10 Å². The highest BCUT2D eigenvalue weighted by Crippen LogP contribution is 2.32. The van der Waals surface area contributed by atoms with Gasteiger partial charge in [0.2, 0.25) is 0 Å². The smallest absolute Gasteiger partial charge is 0.305 e. The Bertz CT molecular complexity index is 1230. The van der Waals surface area contributed by atoms with Crippen molar-refractivity contribution < 1.29 is 18.7 Å². The zero-order valence-corrected chi connectivity index (χ0v) is 18.4. The molecule has 0 fully saturated rings. The predicted octanol–water partition coefficient (Wildman–Crippen LogP) is 6.17. The Morgan fingerprint density at radius 3 is 2.71 bits per heavy atom. The molecule has 0 aliphatic heterocycles. The van der Waals surface area contributed by atoms with Crippen molar-refractivity contribution in [3.63, 3.8) is 0 Å². The van der Waals surface area contributed by atoms with Crippen LogP contribution in [-0.2, 0) is 4.79 Å². The van der Waals surface area contributed by atoms with Crippen LogP contribution >= 0.6 is 27.5 Å². The molecule has 31 heavy (non-hydrogen) atoms. The van der Waals surface area contributed by atoms with Crippen LogP contribution in [0.4, 0.5) is 0 Å². The Morgan fingerprint density at radius 1 is 1.10 bits per heavy atom. The van der Waals surface area contributed by atoms with Crippen LogP contribution in [0.5, 0.6) is 17.4 Å². The number of fused-ring (bicyclic) bond motifs is 1. The normalized spacial score (nSPS) is 11.0. The molecular weight excluding hydrogens is 484 g/mol. The fourth-order valence-corrected chi connectivity index (χ4v) is 3.29. The minimum Gasteiger partial charge on any atom is -0.483 e. The van der Waals surface area contributed by atoms with Crippen molar-refractivity contribution in [3.05, 3.63) is 88.1 Å². The molecule has 1 N–H and O–H groups in total. The Kier molecular flexibility index (Phi) is 6.54. The minimum absolute atomic E-state index is 0.169. The van der Waals surface area contributed by atoms with E-state index in [-0.39, 0.29) is 12.6 Å². The van der Waals surface area contributed by atoms with Gasteiger partial charge in [-0.3, -0.25) is 4.79 Å². The van der Waals surface area contributed by atoms with Crippen LogP contribution in [0.2, 0.25) is 5.02 Å². The van der Waals surface area contributed by atoms with Gasteiger partial charge in [0.1, 0.15) is 16.0 Å². The number of hydrazone groups is 1. The third kappa shape index (κ3) is 5.45. The summed E-state index contributed by atoms with van der Waals surface area (Å²) in [6.07, 6.45) is 1.37. The average molecular weight is 500 g/mol. The van der Waals surface area contributed by atoms with Gasteiger partial charge in [0, 0.05) is 16.5 Å². The van der Waals surface area contributed by atoms with Crippen LogP contribution in [0.3, 0.4) is 0 Å². The minimum atomic E-state index is -0.396. The Hall–Kier alpha value is -3.29.